The summed E-state index contributed by atoms with van der Waals surface area (Å²) in [5.74, 6) is 0.628. The quantitative estimate of drug-likeness (QED) is 0.860. The van der Waals surface area contributed by atoms with Crippen LogP contribution in [0.4, 0.5) is 0 Å². The third-order valence-corrected chi connectivity index (χ3v) is 2.85. The van der Waals surface area contributed by atoms with Crippen LogP contribution in [-0.2, 0) is 6.54 Å². The maximum absolute atomic E-state index is 10.0. The second kappa shape index (κ2) is 6.31. The Morgan fingerprint density at radius 1 is 1.21 bits per heavy atom. The highest BCUT2D eigenvalue weighted by molar-refractivity contribution is 5.29. The van der Waals surface area contributed by atoms with E-state index in [0.29, 0.717) is 18.0 Å². The monoisotopic (exact) mass is 258 g/mol. The highest BCUT2D eigenvalue weighted by atomic mass is 16.5. The maximum atomic E-state index is 10.0. The van der Waals surface area contributed by atoms with Gasteiger partial charge in [0.25, 0.3) is 0 Å². The third kappa shape index (κ3) is 3.53. The highest BCUT2D eigenvalue weighted by Gasteiger charge is 2.10. The summed E-state index contributed by atoms with van der Waals surface area (Å²) in [6.45, 7) is 2.40. The fourth-order valence-corrected chi connectivity index (χ4v) is 1.82. The SMILES string of the molecule is Cc1ccc(OCC(O)c2ccccc2)c(CN)n1. The van der Waals surface area contributed by atoms with Gasteiger partial charge in [-0.1, -0.05) is 30.3 Å². The summed E-state index contributed by atoms with van der Waals surface area (Å²) < 4.78 is 5.61. The van der Waals surface area contributed by atoms with E-state index in [1.54, 1.807) is 0 Å². The van der Waals surface area contributed by atoms with E-state index in [1.165, 1.54) is 0 Å². The van der Waals surface area contributed by atoms with Crippen molar-refractivity contribution in [3.05, 3.63) is 59.4 Å². The maximum Gasteiger partial charge on any atom is 0.142 e. The zero-order valence-corrected chi connectivity index (χ0v) is 10.9. The number of aliphatic hydroxyl groups is 1. The lowest BCUT2D eigenvalue weighted by atomic mass is 10.1. The van der Waals surface area contributed by atoms with Gasteiger partial charge in [0.05, 0.1) is 5.69 Å². The molecule has 0 saturated heterocycles. The minimum atomic E-state index is -0.659. The molecule has 0 saturated carbocycles. The van der Waals surface area contributed by atoms with Gasteiger partial charge in [0, 0.05) is 12.2 Å². The first-order valence-corrected chi connectivity index (χ1v) is 6.23. The first-order valence-electron chi connectivity index (χ1n) is 6.23. The topological polar surface area (TPSA) is 68.4 Å². The summed E-state index contributed by atoms with van der Waals surface area (Å²) in [7, 11) is 0. The molecule has 4 nitrogen and oxygen atoms in total. The number of hydrogen-bond donors (Lipinski definition) is 2. The molecule has 19 heavy (non-hydrogen) atoms. The van der Waals surface area contributed by atoms with Crippen LogP contribution in [0.15, 0.2) is 42.5 Å². The summed E-state index contributed by atoms with van der Waals surface area (Å²) in [4.78, 5) is 4.31. The number of hydrogen-bond acceptors (Lipinski definition) is 4. The average Bonchev–Trinajstić information content (AvgIpc) is 2.46. The van der Waals surface area contributed by atoms with Crippen LogP contribution in [0.25, 0.3) is 0 Å². The second-order valence-corrected chi connectivity index (χ2v) is 4.34. The van der Waals surface area contributed by atoms with Crippen LogP contribution in [0.3, 0.4) is 0 Å². The lowest BCUT2D eigenvalue weighted by Gasteiger charge is -2.14. The molecule has 0 radical (unpaired) electrons. The highest BCUT2D eigenvalue weighted by Crippen LogP contribution is 2.19. The number of pyridine rings is 1. The molecule has 1 aromatic carbocycles. The fourth-order valence-electron chi connectivity index (χ4n) is 1.82. The van der Waals surface area contributed by atoms with E-state index < -0.39 is 6.10 Å². The summed E-state index contributed by atoms with van der Waals surface area (Å²) in [6.07, 6.45) is -0.659. The molecule has 0 amide bonds. The Kier molecular flexibility index (Phi) is 4.49. The molecule has 0 aliphatic heterocycles. The molecule has 1 heterocycles. The molecular formula is C15H18N2O2. The Balaban J connectivity index is 2.03. The molecule has 4 heteroatoms. The normalized spacial score (nSPS) is 12.2. The first kappa shape index (κ1) is 13.5. The number of aliphatic hydroxyl groups excluding tert-OH is 1. The molecule has 0 bridgehead atoms. The molecule has 0 aliphatic carbocycles. The van der Waals surface area contributed by atoms with Crippen molar-refractivity contribution in [1.29, 1.82) is 0 Å². The van der Waals surface area contributed by atoms with Crippen molar-refractivity contribution in [2.75, 3.05) is 6.61 Å². The zero-order valence-electron chi connectivity index (χ0n) is 10.9. The van der Waals surface area contributed by atoms with Gasteiger partial charge in [0.2, 0.25) is 0 Å². The van der Waals surface area contributed by atoms with Gasteiger partial charge in [-0.2, -0.15) is 0 Å². The van der Waals surface area contributed by atoms with Gasteiger partial charge in [0.15, 0.2) is 0 Å². The van der Waals surface area contributed by atoms with Crippen molar-refractivity contribution < 1.29 is 9.84 Å². The molecule has 0 spiro atoms. The van der Waals surface area contributed by atoms with Gasteiger partial charge in [-0.15, -0.1) is 0 Å². The predicted molar refractivity (Wildman–Crippen MR) is 73.8 cm³/mol. The molecule has 0 aliphatic rings. The van der Waals surface area contributed by atoms with E-state index in [1.807, 2.05) is 49.4 Å². The lowest BCUT2D eigenvalue weighted by Crippen LogP contribution is -2.12. The fraction of sp³-hybridized carbons (Fsp3) is 0.267. The second-order valence-electron chi connectivity index (χ2n) is 4.34. The number of ether oxygens (including phenoxy) is 1. The van der Waals surface area contributed by atoms with Crippen LogP contribution in [0.2, 0.25) is 0 Å². The zero-order chi connectivity index (χ0) is 13.7. The Hall–Kier alpha value is -1.91. The van der Waals surface area contributed by atoms with Crippen LogP contribution < -0.4 is 10.5 Å². The molecule has 1 atom stereocenters. The Labute approximate surface area is 112 Å². The van der Waals surface area contributed by atoms with Crippen LogP contribution in [0.5, 0.6) is 5.75 Å². The number of aryl methyl sites for hydroxylation is 1. The van der Waals surface area contributed by atoms with Crippen LogP contribution in [0.1, 0.15) is 23.1 Å². The van der Waals surface area contributed by atoms with Crippen LogP contribution >= 0.6 is 0 Å². The first-order chi connectivity index (χ1) is 9.20. The van der Waals surface area contributed by atoms with Crippen molar-refractivity contribution in [3.8, 4) is 5.75 Å². The lowest BCUT2D eigenvalue weighted by molar-refractivity contribution is 0.107. The van der Waals surface area contributed by atoms with Crippen LogP contribution in [-0.4, -0.2) is 16.7 Å². The van der Waals surface area contributed by atoms with Crippen molar-refractivity contribution in [2.45, 2.75) is 19.6 Å². The van der Waals surface area contributed by atoms with Gasteiger partial charge >= 0.3 is 0 Å². The van der Waals surface area contributed by atoms with E-state index in [0.717, 1.165) is 11.3 Å². The summed E-state index contributed by atoms with van der Waals surface area (Å²) >= 11 is 0. The van der Waals surface area contributed by atoms with Gasteiger partial charge in [-0.3, -0.25) is 4.98 Å². The molecule has 1 unspecified atom stereocenters. The number of rotatable bonds is 5. The minimum absolute atomic E-state index is 0.182. The number of nitrogens with two attached hydrogens (primary N) is 1. The molecule has 1 aromatic heterocycles. The van der Waals surface area contributed by atoms with E-state index in [9.17, 15) is 5.11 Å². The average molecular weight is 258 g/mol. The number of nitrogens with zero attached hydrogens (tertiary/aromatic N) is 1. The smallest absolute Gasteiger partial charge is 0.142 e. The number of aromatic nitrogens is 1. The van der Waals surface area contributed by atoms with Crippen molar-refractivity contribution in [1.82, 2.24) is 4.98 Å². The van der Waals surface area contributed by atoms with Crippen molar-refractivity contribution >= 4 is 0 Å². The summed E-state index contributed by atoms with van der Waals surface area (Å²) in [5, 5.41) is 10.0. The largest absolute Gasteiger partial charge is 0.489 e. The molecule has 2 rings (SSSR count). The predicted octanol–water partition coefficient (Wildman–Crippen LogP) is 1.96. The molecule has 0 fully saturated rings. The van der Waals surface area contributed by atoms with Crippen molar-refractivity contribution in [2.24, 2.45) is 5.73 Å². The Bertz CT molecular complexity index is 529. The van der Waals surface area contributed by atoms with E-state index in [2.05, 4.69) is 4.98 Å². The molecule has 100 valence electrons. The van der Waals surface area contributed by atoms with Gasteiger partial charge in [-0.05, 0) is 24.6 Å². The third-order valence-electron chi connectivity index (χ3n) is 2.85. The summed E-state index contributed by atoms with van der Waals surface area (Å²) in [6, 6.07) is 13.1. The van der Waals surface area contributed by atoms with E-state index >= 15 is 0 Å². The van der Waals surface area contributed by atoms with Crippen LogP contribution in [0, 0.1) is 6.92 Å². The Morgan fingerprint density at radius 2 is 1.95 bits per heavy atom. The van der Waals surface area contributed by atoms with Gasteiger partial charge in [0.1, 0.15) is 18.5 Å². The van der Waals surface area contributed by atoms with Crippen molar-refractivity contribution in [3.63, 3.8) is 0 Å². The molecule has 2 aromatic rings. The number of benzene rings is 1. The van der Waals surface area contributed by atoms with Gasteiger partial charge < -0.3 is 15.6 Å². The summed E-state index contributed by atoms with van der Waals surface area (Å²) in [5.41, 5.74) is 8.07. The van der Waals surface area contributed by atoms with E-state index in [-0.39, 0.29) is 6.61 Å². The van der Waals surface area contributed by atoms with Gasteiger partial charge in [-0.25, -0.2) is 0 Å². The molecular weight excluding hydrogens is 240 g/mol. The van der Waals surface area contributed by atoms with E-state index in [4.69, 9.17) is 10.5 Å². The molecule has 3 N–H and O–H groups in total. The Morgan fingerprint density at radius 3 is 2.63 bits per heavy atom. The minimum Gasteiger partial charge on any atom is -0.489 e. The standard InChI is InChI=1S/C15H18N2O2/c1-11-7-8-15(13(9-16)17-11)19-10-14(18)12-5-3-2-4-6-12/h2-8,14,18H,9-10,16H2,1H3.